The molecule has 0 saturated heterocycles. The third-order valence-corrected chi connectivity index (χ3v) is 5.29. The van der Waals surface area contributed by atoms with Gasteiger partial charge in [-0.15, -0.1) is 6.42 Å². The fourth-order valence-electron chi connectivity index (χ4n) is 2.01. The maximum atomic E-state index is 13.0. The zero-order chi connectivity index (χ0) is 22.2. The van der Waals surface area contributed by atoms with Crippen LogP contribution < -0.4 is 0 Å². The lowest BCUT2D eigenvalue weighted by Crippen LogP contribution is -2.41. The van der Waals surface area contributed by atoms with E-state index in [4.69, 9.17) is 15.9 Å². The monoisotopic (exact) mass is 485 g/mol. The van der Waals surface area contributed by atoms with Gasteiger partial charge in [0.25, 0.3) is 10.0 Å². The second-order valence-corrected chi connectivity index (χ2v) is 10.2. The highest BCUT2D eigenvalue weighted by Crippen LogP contribution is 2.20. The van der Waals surface area contributed by atoms with Crippen LogP contribution in [0.1, 0.15) is 38.1 Å². The van der Waals surface area contributed by atoms with Crippen molar-refractivity contribution in [2.45, 2.75) is 43.0 Å². The molecule has 0 radical (unpaired) electrons. The summed E-state index contributed by atoms with van der Waals surface area (Å²) in [5, 5.41) is 0. The Labute approximate surface area is 180 Å². The summed E-state index contributed by atoms with van der Waals surface area (Å²) < 4.78 is 36.7. The quantitative estimate of drug-likeness (QED) is 0.253. The first-order chi connectivity index (χ1) is 13.4. The Hall–Kier alpha value is -2.31. The van der Waals surface area contributed by atoms with Crippen molar-refractivity contribution in [3.63, 3.8) is 0 Å². The topological polar surface area (TPSA) is 90.0 Å². The number of hydrogen-bond donors (Lipinski definition) is 0. The Bertz CT molecular complexity index is 892. The van der Waals surface area contributed by atoms with E-state index >= 15 is 0 Å². The van der Waals surface area contributed by atoms with E-state index in [0.29, 0.717) is 4.31 Å². The summed E-state index contributed by atoms with van der Waals surface area (Å²) in [4.78, 5) is 24.2. The van der Waals surface area contributed by atoms with Crippen molar-refractivity contribution in [3.05, 3.63) is 42.0 Å². The van der Waals surface area contributed by atoms with Gasteiger partial charge >= 0.3 is 12.1 Å². The van der Waals surface area contributed by atoms with Crippen molar-refractivity contribution < 1.29 is 27.5 Å². The molecule has 0 fully saturated rings. The first kappa shape index (κ1) is 24.7. The zero-order valence-corrected chi connectivity index (χ0v) is 19.1. The molecule has 1 rings (SSSR count). The van der Waals surface area contributed by atoms with E-state index in [9.17, 15) is 18.0 Å². The molecule has 1 amide bonds. The first-order valence-corrected chi connectivity index (χ1v) is 11.0. The minimum atomic E-state index is -4.22. The fourth-order valence-corrected chi connectivity index (χ4v) is 3.47. The van der Waals surface area contributed by atoms with Crippen LogP contribution in [-0.4, -0.2) is 48.4 Å². The number of halogens is 1. The second kappa shape index (κ2) is 10.5. The lowest BCUT2D eigenvalue weighted by atomic mass is 10.2. The van der Waals surface area contributed by atoms with Crippen molar-refractivity contribution in [2.75, 3.05) is 13.2 Å². The Morgan fingerprint density at radius 2 is 1.86 bits per heavy atom. The van der Waals surface area contributed by atoms with Gasteiger partial charge in [0, 0.05) is 4.83 Å². The predicted molar refractivity (Wildman–Crippen MR) is 113 cm³/mol. The smallest absolute Gasteiger partial charge is 0.424 e. The van der Waals surface area contributed by atoms with Gasteiger partial charge in [-0.25, -0.2) is 18.0 Å². The number of nitrogens with zero attached hydrogens (tertiary/aromatic N) is 1. The summed E-state index contributed by atoms with van der Waals surface area (Å²) >= 11 is 3.32. The normalized spacial score (nSPS) is 12.8. The number of rotatable bonds is 7. The largest absolute Gasteiger partial charge is 0.449 e. The van der Waals surface area contributed by atoms with E-state index in [1.54, 1.807) is 32.9 Å². The Kier molecular flexibility index (Phi) is 8.92. The molecule has 158 valence electrons. The summed E-state index contributed by atoms with van der Waals surface area (Å²) in [6.45, 7) is 6.37. The van der Waals surface area contributed by atoms with Gasteiger partial charge in [-0.2, -0.15) is 4.31 Å². The van der Waals surface area contributed by atoms with Crippen LogP contribution in [0, 0.1) is 12.3 Å². The molecule has 0 aliphatic heterocycles. The van der Waals surface area contributed by atoms with Gasteiger partial charge in [-0.3, -0.25) is 0 Å². The number of alkyl halides is 1. The molecule has 1 unspecified atom stereocenters. The van der Waals surface area contributed by atoms with Crippen LogP contribution in [0.25, 0.3) is 0 Å². The molecule has 0 spiro atoms. The third-order valence-electron chi connectivity index (χ3n) is 3.23. The minimum Gasteiger partial charge on any atom is -0.449 e. The number of esters is 1. The van der Waals surface area contributed by atoms with E-state index in [2.05, 4.69) is 21.9 Å². The van der Waals surface area contributed by atoms with Crippen molar-refractivity contribution in [2.24, 2.45) is 0 Å². The number of terminal acetylenes is 1. The molecule has 0 heterocycles. The van der Waals surface area contributed by atoms with Gasteiger partial charge in [-0.05, 0) is 52.0 Å². The molecule has 0 bridgehead atoms. The van der Waals surface area contributed by atoms with E-state index in [1.165, 1.54) is 24.3 Å². The number of carbonyl (C=O) groups excluding carboxylic acids is 2. The molecule has 29 heavy (non-hydrogen) atoms. The molecular weight excluding hydrogens is 462 g/mol. The molecule has 0 aromatic heterocycles. The highest BCUT2D eigenvalue weighted by Gasteiger charge is 2.32. The van der Waals surface area contributed by atoms with Crippen molar-refractivity contribution in [3.8, 4) is 12.3 Å². The van der Waals surface area contributed by atoms with Gasteiger partial charge < -0.3 is 9.47 Å². The number of amides is 1. The Morgan fingerprint density at radius 1 is 1.28 bits per heavy atom. The summed E-state index contributed by atoms with van der Waals surface area (Å²) in [7, 11) is -4.22. The van der Waals surface area contributed by atoms with Crippen LogP contribution in [-0.2, 0) is 19.5 Å². The number of carbonyl (C=O) groups is 2. The zero-order valence-electron chi connectivity index (χ0n) is 16.7. The lowest BCUT2D eigenvalue weighted by Gasteiger charge is -2.26. The van der Waals surface area contributed by atoms with Crippen LogP contribution >= 0.6 is 15.9 Å². The number of ether oxygens (including phenoxy) is 2. The lowest BCUT2D eigenvalue weighted by molar-refractivity contribution is 0.0403. The van der Waals surface area contributed by atoms with Crippen LogP contribution in [0.15, 0.2) is 41.3 Å². The highest BCUT2D eigenvalue weighted by atomic mass is 79.9. The van der Waals surface area contributed by atoms with Gasteiger partial charge in [0.1, 0.15) is 5.60 Å². The van der Waals surface area contributed by atoms with Crippen LogP contribution in [0.3, 0.4) is 0 Å². The van der Waals surface area contributed by atoms with E-state index in [1.807, 2.05) is 6.92 Å². The summed E-state index contributed by atoms with van der Waals surface area (Å²) in [6, 6.07) is 5.01. The number of allylic oxidation sites excluding steroid dienone is 1. The van der Waals surface area contributed by atoms with E-state index in [-0.39, 0.29) is 28.4 Å². The molecule has 0 saturated carbocycles. The van der Waals surface area contributed by atoms with Crippen LogP contribution in [0.5, 0.6) is 0 Å². The van der Waals surface area contributed by atoms with Crippen LogP contribution in [0.2, 0.25) is 0 Å². The maximum absolute atomic E-state index is 13.0. The van der Waals surface area contributed by atoms with E-state index in [0.717, 1.165) is 0 Å². The molecule has 7 nitrogen and oxygen atoms in total. The molecule has 0 aliphatic carbocycles. The Balaban J connectivity index is 3.20. The fraction of sp³-hybridized carbons (Fsp3) is 0.400. The maximum Gasteiger partial charge on any atom is 0.424 e. The van der Waals surface area contributed by atoms with Crippen LogP contribution in [0.4, 0.5) is 4.79 Å². The number of sulfonamides is 1. The predicted octanol–water partition coefficient (Wildman–Crippen LogP) is 3.74. The molecule has 0 aliphatic rings. The molecular formula is C20H24BrNO6S. The summed E-state index contributed by atoms with van der Waals surface area (Å²) in [6.07, 6.45) is 7.29. The second-order valence-electron chi connectivity index (χ2n) is 6.93. The van der Waals surface area contributed by atoms with Crippen molar-refractivity contribution in [1.29, 1.82) is 0 Å². The standard InChI is InChI=1S/C20H24BrNO6S/c1-6-14-27-18(23)16-9-11-17(12-10-16)29(25,26)22(13-7-8-15(2)21)19(24)28-20(3,4)5/h1,7-12,15H,13-14H2,2-5H3/b8-7+. The SMILES string of the molecule is C#CCOC(=O)c1ccc(S(=O)(=O)N(C/C=C/C(C)Br)C(=O)OC(C)(C)C)cc1. The molecule has 0 N–H and O–H groups in total. The van der Waals surface area contributed by atoms with Gasteiger partial charge in [-0.1, -0.05) is 34.0 Å². The molecule has 1 aromatic carbocycles. The average Bonchev–Trinajstić information content (AvgIpc) is 2.61. The summed E-state index contributed by atoms with van der Waals surface area (Å²) in [5.41, 5.74) is -0.738. The van der Waals surface area contributed by atoms with Gasteiger partial charge in [0.05, 0.1) is 17.0 Å². The number of benzene rings is 1. The Morgan fingerprint density at radius 3 is 2.34 bits per heavy atom. The third kappa shape index (κ3) is 7.91. The van der Waals surface area contributed by atoms with Gasteiger partial charge in [0.15, 0.2) is 6.61 Å². The first-order valence-electron chi connectivity index (χ1n) is 8.65. The van der Waals surface area contributed by atoms with E-state index < -0.39 is 27.7 Å². The number of hydrogen-bond acceptors (Lipinski definition) is 6. The van der Waals surface area contributed by atoms with Crippen molar-refractivity contribution >= 4 is 38.0 Å². The molecule has 1 aromatic rings. The molecule has 9 heteroatoms. The average molecular weight is 486 g/mol. The minimum absolute atomic E-state index is 0.000929. The highest BCUT2D eigenvalue weighted by molar-refractivity contribution is 9.09. The molecule has 1 atom stereocenters. The summed E-state index contributed by atoms with van der Waals surface area (Å²) in [5.74, 6) is 1.49. The van der Waals surface area contributed by atoms with Crippen molar-refractivity contribution in [1.82, 2.24) is 4.31 Å². The van der Waals surface area contributed by atoms with Gasteiger partial charge in [0.2, 0.25) is 0 Å².